The number of hydrogen-bond donors (Lipinski definition) is 1. The van der Waals surface area contributed by atoms with E-state index in [9.17, 15) is 4.79 Å². The van der Waals surface area contributed by atoms with E-state index in [1.807, 2.05) is 0 Å². The predicted molar refractivity (Wildman–Crippen MR) is 51.1 cm³/mol. The third-order valence-corrected chi connectivity index (χ3v) is 1.76. The minimum Gasteiger partial charge on any atom is -0.321 e. The smallest absolute Gasteiger partial charge is 0.156 e. The van der Waals surface area contributed by atoms with E-state index >= 15 is 0 Å². The lowest BCUT2D eigenvalue weighted by Crippen LogP contribution is -2.31. The second-order valence-corrected chi connectivity index (χ2v) is 3.04. The molecule has 0 spiro atoms. The van der Waals surface area contributed by atoms with Crippen LogP contribution in [-0.4, -0.2) is 26.8 Å². The lowest BCUT2D eigenvalue weighted by Gasteiger charge is -2.04. The zero-order chi connectivity index (χ0) is 10.6. The van der Waals surface area contributed by atoms with Crippen LogP contribution in [-0.2, 0) is 18.3 Å². The van der Waals surface area contributed by atoms with Crippen LogP contribution in [0.25, 0.3) is 0 Å². The molecule has 1 aromatic heterocycles. The van der Waals surface area contributed by atoms with Gasteiger partial charge >= 0.3 is 0 Å². The third-order valence-electron chi connectivity index (χ3n) is 1.76. The van der Waals surface area contributed by atoms with Gasteiger partial charge in [-0.3, -0.25) is 9.48 Å². The van der Waals surface area contributed by atoms with E-state index in [0.717, 1.165) is 0 Å². The molecule has 1 aromatic rings. The third kappa shape index (κ3) is 2.68. The monoisotopic (exact) mass is 192 g/mol. The summed E-state index contributed by atoms with van der Waals surface area (Å²) < 4.78 is 1.54. The minimum absolute atomic E-state index is 0.108. The molecule has 2 N–H and O–H groups in total. The molecule has 1 heterocycles. The Morgan fingerprint density at radius 2 is 2.57 bits per heavy atom. The molecule has 5 heteroatoms. The second kappa shape index (κ2) is 4.53. The highest BCUT2D eigenvalue weighted by Gasteiger charge is 2.14. The Morgan fingerprint density at radius 3 is 3.07 bits per heavy atom. The first-order valence-electron chi connectivity index (χ1n) is 4.20. The summed E-state index contributed by atoms with van der Waals surface area (Å²) in [4.78, 5) is 11.4. The molecule has 1 rings (SSSR count). The number of Topliss-reactive ketones (excluding diaryl/α,β-unsaturated/α-hetero) is 1. The quantitative estimate of drug-likeness (QED) is 0.639. The Balaban J connectivity index is 2.53. The molecule has 74 valence electrons. The zero-order valence-electron chi connectivity index (χ0n) is 7.97. The number of rotatable bonds is 4. The summed E-state index contributed by atoms with van der Waals surface area (Å²) in [5.41, 5.74) is 6.15. The Labute approximate surface area is 82.3 Å². The van der Waals surface area contributed by atoms with E-state index in [1.165, 1.54) is 4.68 Å². The van der Waals surface area contributed by atoms with Crippen molar-refractivity contribution in [1.29, 1.82) is 0 Å². The molecule has 0 amide bonds. The Morgan fingerprint density at radius 1 is 1.86 bits per heavy atom. The van der Waals surface area contributed by atoms with Gasteiger partial charge in [0.15, 0.2) is 5.78 Å². The molecule has 0 aliphatic rings. The van der Waals surface area contributed by atoms with Gasteiger partial charge in [-0.2, -0.15) is 0 Å². The highest BCUT2D eigenvalue weighted by molar-refractivity contribution is 5.85. The second-order valence-electron chi connectivity index (χ2n) is 3.04. The summed E-state index contributed by atoms with van der Waals surface area (Å²) in [5.74, 6) is 2.24. The highest BCUT2D eigenvalue weighted by Crippen LogP contribution is 1.98. The first-order chi connectivity index (χ1) is 6.63. The largest absolute Gasteiger partial charge is 0.321 e. The van der Waals surface area contributed by atoms with Gasteiger partial charge in [0, 0.05) is 19.7 Å². The summed E-state index contributed by atoms with van der Waals surface area (Å²) in [6, 6.07) is -0.595. The van der Waals surface area contributed by atoms with Gasteiger partial charge in [-0.25, -0.2) is 0 Å². The summed E-state index contributed by atoms with van der Waals surface area (Å²) in [6.45, 7) is 0. The normalized spacial score (nSPS) is 12.1. The molecule has 0 radical (unpaired) electrons. The standard InChI is InChI=1S/C9H12N4O/c1-3-4-8(10)9(14)5-7-6-13(2)12-11-7/h1,6,8H,4-5,10H2,2H3. The number of aromatic nitrogens is 3. The molecular weight excluding hydrogens is 180 g/mol. The molecule has 5 nitrogen and oxygen atoms in total. The van der Waals surface area contributed by atoms with Crippen LogP contribution < -0.4 is 5.73 Å². The molecule has 0 bridgehead atoms. The van der Waals surface area contributed by atoms with Crippen LogP contribution >= 0.6 is 0 Å². The van der Waals surface area contributed by atoms with Crippen LogP contribution in [0, 0.1) is 12.3 Å². The van der Waals surface area contributed by atoms with Gasteiger partial charge in [0.25, 0.3) is 0 Å². The summed E-state index contributed by atoms with van der Waals surface area (Å²) in [7, 11) is 1.74. The van der Waals surface area contributed by atoms with Crippen molar-refractivity contribution in [3.05, 3.63) is 11.9 Å². The molecule has 0 fully saturated rings. The van der Waals surface area contributed by atoms with E-state index < -0.39 is 6.04 Å². The lowest BCUT2D eigenvalue weighted by atomic mass is 10.1. The van der Waals surface area contributed by atoms with Gasteiger partial charge < -0.3 is 5.73 Å². The van der Waals surface area contributed by atoms with Crippen molar-refractivity contribution >= 4 is 5.78 Å². The average molecular weight is 192 g/mol. The maximum atomic E-state index is 11.4. The molecule has 1 unspecified atom stereocenters. The van der Waals surface area contributed by atoms with Crippen LogP contribution in [0.1, 0.15) is 12.1 Å². The van der Waals surface area contributed by atoms with E-state index in [0.29, 0.717) is 5.69 Å². The summed E-state index contributed by atoms with van der Waals surface area (Å²) in [5, 5.41) is 7.49. The van der Waals surface area contributed by atoms with E-state index in [2.05, 4.69) is 16.2 Å². The SMILES string of the molecule is C#CCC(N)C(=O)Cc1cn(C)nn1. The molecule has 1 atom stereocenters. The molecule has 0 aliphatic heterocycles. The summed E-state index contributed by atoms with van der Waals surface area (Å²) >= 11 is 0. The zero-order valence-corrected chi connectivity index (χ0v) is 7.97. The maximum absolute atomic E-state index is 11.4. The number of terminal acetylenes is 1. The Kier molecular flexibility index (Phi) is 3.37. The number of aryl methyl sites for hydroxylation is 1. The van der Waals surface area contributed by atoms with Crippen molar-refractivity contribution in [3.8, 4) is 12.3 Å². The number of nitrogens with zero attached hydrogens (tertiary/aromatic N) is 3. The fraction of sp³-hybridized carbons (Fsp3) is 0.444. The van der Waals surface area contributed by atoms with Crippen molar-refractivity contribution in [1.82, 2.24) is 15.0 Å². The number of hydrogen-bond acceptors (Lipinski definition) is 4. The summed E-state index contributed by atoms with van der Waals surface area (Å²) in [6.07, 6.45) is 7.19. The van der Waals surface area contributed by atoms with Crippen molar-refractivity contribution in [2.75, 3.05) is 0 Å². The highest BCUT2D eigenvalue weighted by atomic mass is 16.1. The molecule has 0 saturated carbocycles. The van der Waals surface area contributed by atoms with Crippen molar-refractivity contribution in [2.45, 2.75) is 18.9 Å². The van der Waals surface area contributed by atoms with Crippen LogP contribution in [0.2, 0.25) is 0 Å². The fourth-order valence-electron chi connectivity index (χ4n) is 1.03. The number of nitrogens with two attached hydrogens (primary N) is 1. The van der Waals surface area contributed by atoms with Gasteiger partial charge in [0.2, 0.25) is 0 Å². The number of ketones is 1. The van der Waals surface area contributed by atoms with Gasteiger partial charge in [-0.15, -0.1) is 17.4 Å². The van der Waals surface area contributed by atoms with Crippen molar-refractivity contribution < 1.29 is 4.79 Å². The van der Waals surface area contributed by atoms with E-state index in [4.69, 9.17) is 12.2 Å². The van der Waals surface area contributed by atoms with Crippen LogP contribution in [0.3, 0.4) is 0 Å². The molecule has 0 aromatic carbocycles. The topological polar surface area (TPSA) is 73.8 Å². The van der Waals surface area contributed by atoms with Crippen molar-refractivity contribution in [3.63, 3.8) is 0 Å². The molecular formula is C9H12N4O. The molecule has 0 saturated heterocycles. The van der Waals surface area contributed by atoms with Crippen LogP contribution in [0.15, 0.2) is 6.20 Å². The van der Waals surface area contributed by atoms with Crippen LogP contribution in [0.5, 0.6) is 0 Å². The lowest BCUT2D eigenvalue weighted by molar-refractivity contribution is -0.119. The first-order valence-corrected chi connectivity index (χ1v) is 4.20. The average Bonchev–Trinajstić information content (AvgIpc) is 2.51. The van der Waals surface area contributed by atoms with Gasteiger partial charge in [-0.05, 0) is 0 Å². The molecule has 0 aliphatic carbocycles. The van der Waals surface area contributed by atoms with E-state index in [-0.39, 0.29) is 18.6 Å². The van der Waals surface area contributed by atoms with Crippen LogP contribution in [0.4, 0.5) is 0 Å². The van der Waals surface area contributed by atoms with E-state index in [1.54, 1.807) is 13.2 Å². The van der Waals surface area contributed by atoms with Crippen molar-refractivity contribution in [2.24, 2.45) is 12.8 Å². The maximum Gasteiger partial charge on any atom is 0.156 e. The number of carbonyl (C=O) groups is 1. The number of carbonyl (C=O) groups excluding carboxylic acids is 1. The van der Waals surface area contributed by atoms with Gasteiger partial charge in [-0.1, -0.05) is 5.21 Å². The first kappa shape index (κ1) is 10.4. The fourth-order valence-corrected chi connectivity index (χ4v) is 1.03. The Bertz CT molecular complexity index is 363. The van der Waals surface area contributed by atoms with Gasteiger partial charge in [0.05, 0.1) is 18.2 Å². The molecule has 14 heavy (non-hydrogen) atoms. The Hall–Kier alpha value is -1.67. The minimum atomic E-state index is -0.595. The van der Waals surface area contributed by atoms with Gasteiger partial charge in [0.1, 0.15) is 0 Å². The predicted octanol–water partition coefficient (Wildman–Crippen LogP) is -0.723.